The van der Waals surface area contributed by atoms with Crippen molar-refractivity contribution in [2.75, 3.05) is 6.61 Å². The first kappa shape index (κ1) is 8.95. The lowest BCUT2D eigenvalue weighted by Crippen LogP contribution is -2.06. The monoisotopic (exact) mass is 140 g/mol. The van der Waals surface area contributed by atoms with Gasteiger partial charge in [-0.3, -0.25) is 0 Å². The number of hydrogen-bond donors (Lipinski definition) is 0. The molecular formula is C8H12O2. The summed E-state index contributed by atoms with van der Waals surface area (Å²) in [6.45, 7) is 10.9. The lowest BCUT2D eigenvalue weighted by molar-refractivity contribution is -0.138. The Morgan fingerprint density at radius 2 is 2.00 bits per heavy atom. The minimum absolute atomic E-state index is 0.349. The lowest BCUT2D eigenvalue weighted by Gasteiger charge is -2.02. The molecule has 0 atom stereocenters. The normalized spacial score (nSPS) is 8.60. The molecule has 0 aromatic carbocycles. The largest absolute Gasteiger partial charge is 0.462 e. The molecule has 0 heterocycles. The van der Waals surface area contributed by atoms with Crippen molar-refractivity contribution in [1.82, 2.24) is 0 Å². The molecule has 0 fully saturated rings. The van der Waals surface area contributed by atoms with E-state index >= 15 is 0 Å². The zero-order chi connectivity index (χ0) is 8.15. The molecule has 0 saturated carbocycles. The van der Waals surface area contributed by atoms with Gasteiger partial charge in [0.25, 0.3) is 0 Å². The van der Waals surface area contributed by atoms with Gasteiger partial charge in [0.05, 0.1) is 12.2 Å². The Bertz CT molecular complexity index is 168. The highest BCUT2D eigenvalue weighted by Crippen LogP contribution is 2.04. The molecule has 0 rings (SSSR count). The third-order valence-electron chi connectivity index (χ3n) is 1.04. The third kappa shape index (κ3) is 2.49. The fraction of sp³-hybridized carbons (Fsp3) is 0.375. The summed E-state index contributed by atoms with van der Waals surface area (Å²) >= 11 is 0. The Morgan fingerprint density at radius 3 is 2.30 bits per heavy atom. The minimum atomic E-state index is -0.380. The molecule has 0 unspecified atom stereocenters. The first-order valence-corrected chi connectivity index (χ1v) is 3.11. The van der Waals surface area contributed by atoms with Gasteiger partial charge < -0.3 is 4.74 Å². The van der Waals surface area contributed by atoms with Gasteiger partial charge in [-0.1, -0.05) is 13.2 Å². The number of esters is 1. The first-order chi connectivity index (χ1) is 4.59. The van der Waals surface area contributed by atoms with Crippen LogP contribution in [-0.4, -0.2) is 12.6 Å². The second kappa shape index (κ2) is 3.88. The summed E-state index contributed by atoms with van der Waals surface area (Å²) in [5, 5.41) is 0. The van der Waals surface area contributed by atoms with Crippen molar-refractivity contribution in [1.29, 1.82) is 0 Å². The van der Waals surface area contributed by atoms with Gasteiger partial charge in [0.2, 0.25) is 0 Å². The first-order valence-electron chi connectivity index (χ1n) is 3.11. The van der Waals surface area contributed by atoms with Gasteiger partial charge in [0, 0.05) is 0 Å². The predicted molar refractivity (Wildman–Crippen MR) is 40.6 cm³/mol. The van der Waals surface area contributed by atoms with Gasteiger partial charge in [0.15, 0.2) is 0 Å². The molecule has 0 saturated heterocycles. The standard InChI is InChI=1S/C8H12O2/c1-5-10-8(9)7(4)6(2)3/h2,4-5H2,1,3H3. The molecular weight excluding hydrogens is 128 g/mol. The maximum Gasteiger partial charge on any atom is 0.337 e. The van der Waals surface area contributed by atoms with Crippen LogP contribution in [0.15, 0.2) is 24.3 Å². The van der Waals surface area contributed by atoms with Gasteiger partial charge in [-0.15, -0.1) is 0 Å². The van der Waals surface area contributed by atoms with Gasteiger partial charge >= 0.3 is 5.97 Å². The molecule has 0 aliphatic carbocycles. The van der Waals surface area contributed by atoms with E-state index in [1.165, 1.54) is 0 Å². The van der Waals surface area contributed by atoms with E-state index in [1.54, 1.807) is 13.8 Å². The summed E-state index contributed by atoms with van der Waals surface area (Å²) < 4.78 is 4.67. The second-order valence-corrected chi connectivity index (χ2v) is 1.98. The van der Waals surface area contributed by atoms with Crippen LogP contribution in [0.4, 0.5) is 0 Å². The summed E-state index contributed by atoms with van der Waals surface area (Å²) in [5.74, 6) is -0.380. The fourth-order valence-electron chi connectivity index (χ4n) is 0.392. The second-order valence-electron chi connectivity index (χ2n) is 1.98. The van der Waals surface area contributed by atoms with E-state index in [0.29, 0.717) is 17.8 Å². The zero-order valence-corrected chi connectivity index (χ0v) is 6.44. The third-order valence-corrected chi connectivity index (χ3v) is 1.04. The Labute approximate surface area is 61.2 Å². The molecule has 0 aliphatic heterocycles. The number of carbonyl (C=O) groups is 1. The van der Waals surface area contributed by atoms with Crippen molar-refractivity contribution < 1.29 is 9.53 Å². The van der Waals surface area contributed by atoms with Gasteiger partial charge in [-0.25, -0.2) is 4.79 Å². The van der Waals surface area contributed by atoms with Crippen molar-refractivity contribution in [3.8, 4) is 0 Å². The van der Waals surface area contributed by atoms with Gasteiger partial charge in [-0.05, 0) is 19.4 Å². The highest BCUT2D eigenvalue weighted by atomic mass is 16.5. The molecule has 0 radical (unpaired) electrons. The van der Waals surface area contributed by atoms with E-state index in [9.17, 15) is 4.79 Å². The van der Waals surface area contributed by atoms with Crippen LogP contribution < -0.4 is 0 Å². The number of ether oxygens (including phenoxy) is 1. The highest BCUT2D eigenvalue weighted by molar-refractivity contribution is 5.92. The zero-order valence-electron chi connectivity index (χ0n) is 6.44. The Morgan fingerprint density at radius 1 is 1.50 bits per heavy atom. The predicted octanol–water partition coefficient (Wildman–Crippen LogP) is 1.68. The Hall–Kier alpha value is -1.05. The van der Waals surface area contributed by atoms with Crippen LogP contribution in [-0.2, 0) is 9.53 Å². The van der Waals surface area contributed by atoms with Crippen LogP contribution in [0.3, 0.4) is 0 Å². The number of hydrogen-bond acceptors (Lipinski definition) is 2. The highest BCUT2D eigenvalue weighted by Gasteiger charge is 2.06. The fourth-order valence-corrected chi connectivity index (χ4v) is 0.392. The van der Waals surface area contributed by atoms with Crippen LogP contribution in [0.5, 0.6) is 0 Å². The maximum atomic E-state index is 10.8. The van der Waals surface area contributed by atoms with Crippen LogP contribution in [0.25, 0.3) is 0 Å². The van der Waals surface area contributed by atoms with E-state index in [-0.39, 0.29) is 5.97 Å². The summed E-state index contributed by atoms with van der Waals surface area (Å²) in [4.78, 5) is 10.8. The van der Waals surface area contributed by atoms with E-state index < -0.39 is 0 Å². The van der Waals surface area contributed by atoms with E-state index in [4.69, 9.17) is 0 Å². The topological polar surface area (TPSA) is 26.3 Å². The Balaban J connectivity index is 3.96. The minimum Gasteiger partial charge on any atom is -0.462 e. The molecule has 0 aliphatic rings. The van der Waals surface area contributed by atoms with E-state index in [0.717, 1.165) is 0 Å². The van der Waals surface area contributed by atoms with Crippen molar-refractivity contribution >= 4 is 5.97 Å². The average molecular weight is 140 g/mol. The molecule has 0 amide bonds. The quantitative estimate of drug-likeness (QED) is 0.338. The molecule has 2 heteroatoms. The summed E-state index contributed by atoms with van der Waals surface area (Å²) in [5.41, 5.74) is 1.00. The molecule has 0 bridgehead atoms. The smallest absolute Gasteiger partial charge is 0.337 e. The number of carbonyl (C=O) groups excluding carboxylic acids is 1. The molecule has 0 N–H and O–H groups in total. The molecule has 2 nitrogen and oxygen atoms in total. The molecule has 0 aromatic rings. The lowest BCUT2D eigenvalue weighted by atomic mass is 10.2. The summed E-state index contributed by atoms with van der Waals surface area (Å²) in [6.07, 6.45) is 0. The molecule has 0 spiro atoms. The summed E-state index contributed by atoms with van der Waals surface area (Å²) in [6, 6.07) is 0. The van der Waals surface area contributed by atoms with Gasteiger partial charge in [-0.2, -0.15) is 0 Å². The van der Waals surface area contributed by atoms with Crippen molar-refractivity contribution in [2.24, 2.45) is 0 Å². The molecule has 10 heavy (non-hydrogen) atoms. The Kier molecular flexibility index (Phi) is 3.47. The van der Waals surface area contributed by atoms with E-state index in [2.05, 4.69) is 17.9 Å². The maximum absolute atomic E-state index is 10.8. The van der Waals surface area contributed by atoms with Crippen molar-refractivity contribution in [3.05, 3.63) is 24.3 Å². The summed E-state index contributed by atoms with van der Waals surface area (Å²) in [7, 11) is 0. The van der Waals surface area contributed by atoms with Crippen molar-refractivity contribution in [3.63, 3.8) is 0 Å². The number of rotatable bonds is 3. The van der Waals surface area contributed by atoms with E-state index in [1.807, 2.05) is 0 Å². The van der Waals surface area contributed by atoms with Crippen LogP contribution in [0.1, 0.15) is 13.8 Å². The van der Waals surface area contributed by atoms with Crippen molar-refractivity contribution in [2.45, 2.75) is 13.8 Å². The van der Waals surface area contributed by atoms with Crippen LogP contribution >= 0.6 is 0 Å². The van der Waals surface area contributed by atoms with Gasteiger partial charge in [0.1, 0.15) is 0 Å². The van der Waals surface area contributed by atoms with Crippen LogP contribution in [0, 0.1) is 0 Å². The average Bonchev–Trinajstić information content (AvgIpc) is 1.87. The molecule has 0 aromatic heterocycles. The molecule has 56 valence electrons. The SMILES string of the molecule is C=C(C)C(=C)C(=O)OCC. The van der Waals surface area contributed by atoms with Crippen LogP contribution in [0.2, 0.25) is 0 Å².